The molecule has 0 spiro atoms. The Morgan fingerprint density at radius 3 is 2.68 bits per heavy atom. The SMILES string of the molecule is Cc1cc(F)ccc1CC(NN)c1cccc(Br)c1. The van der Waals surface area contributed by atoms with E-state index in [0.29, 0.717) is 0 Å². The highest BCUT2D eigenvalue weighted by molar-refractivity contribution is 9.10. The molecule has 0 aliphatic heterocycles. The molecule has 0 fully saturated rings. The minimum Gasteiger partial charge on any atom is -0.271 e. The second kappa shape index (κ2) is 6.28. The van der Waals surface area contributed by atoms with E-state index in [-0.39, 0.29) is 11.9 Å². The fourth-order valence-corrected chi connectivity index (χ4v) is 2.52. The van der Waals surface area contributed by atoms with Crippen molar-refractivity contribution in [1.29, 1.82) is 0 Å². The molecule has 0 radical (unpaired) electrons. The lowest BCUT2D eigenvalue weighted by Crippen LogP contribution is -2.29. The molecule has 0 saturated carbocycles. The van der Waals surface area contributed by atoms with Crippen LogP contribution in [0.1, 0.15) is 22.7 Å². The van der Waals surface area contributed by atoms with Crippen LogP contribution in [-0.4, -0.2) is 0 Å². The van der Waals surface area contributed by atoms with Gasteiger partial charge in [-0.25, -0.2) is 4.39 Å². The Bertz CT molecular complexity index is 572. The summed E-state index contributed by atoms with van der Waals surface area (Å²) in [5.74, 6) is 5.44. The van der Waals surface area contributed by atoms with Gasteiger partial charge in [-0.1, -0.05) is 34.1 Å². The van der Waals surface area contributed by atoms with Crippen molar-refractivity contribution in [2.45, 2.75) is 19.4 Å². The summed E-state index contributed by atoms with van der Waals surface area (Å²) in [6.45, 7) is 1.91. The first-order chi connectivity index (χ1) is 9.10. The first-order valence-corrected chi connectivity index (χ1v) is 6.86. The molecule has 0 aliphatic rings. The molecule has 100 valence electrons. The van der Waals surface area contributed by atoms with E-state index in [2.05, 4.69) is 21.4 Å². The Labute approximate surface area is 120 Å². The molecule has 0 bridgehead atoms. The van der Waals surface area contributed by atoms with Crippen molar-refractivity contribution < 1.29 is 4.39 Å². The highest BCUT2D eigenvalue weighted by Gasteiger charge is 2.12. The molecule has 0 aromatic heterocycles. The topological polar surface area (TPSA) is 38.0 Å². The number of nitrogens with two attached hydrogens (primary N) is 1. The molecule has 0 heterocycles. The summed E-state index contributed by atoms with van der Waals surface area (Å²) in [4.78, 5) is 0. The molecule has 0 amide bonds. The fraction of sp³-hybridized carbons (Fsp3) is 0.200. The largest absolute Gasteiger partial charge is 0.271 e. The lowest BCUT2D eigenvalue weighted by Gasteiger charge is -2.18. The van der Waals surface area contributed by atoms with E-state index < -0.39 is 0 Å². The minimum absolute atomic E-state index is 0.00154. The molecule has 4 heteroatoms. The van der Waals surface area contributed by atoms with E-state index >= 15 is 0 Å². The van der Waals surface area contributed by atoms with Crippen molar-refractivity contribution in [3.63, 3.8) is 0 Å². The first kappa shape index (κ1) is 14.2. The number of hydrogen-bond acceptors (Lipinski definition) is 2. The van der Waals surface area contributed by atoms with Gasteiger partial charge in [-0.15, -0.1) is 0 Å². The van der Waals surface area contributed by atoms with Crippen LogP contribution in [-0.2, 0) is 6.42 Å². The average molecular weight is 323 g/mol. The van der Waals surface area contributed by atoms with Crippen molar-refractivity contribution in [1.82, 2.24) is 5.43 Å². The summed E-state index contributed by atoms with van der Waals surface area (Å²) in [6, 6.07) is 12.8. The molecule has 0 saturated heterocycles. The van der Waals surface area contributed by atoms with Gasteiger partial charge in [0.25, 0.3) is 0 Å². The molecule has 2 aromatic rings. The van der Waals surface area contributed by atoms with Gasteiger partial charge in [-0.3, -0.25) is 11.3 Å². The molecular formula is C15H16BrFN2. The highest BCUT2D eigenvalue weighted by Crippen LogP contribution is 2.23. The van der Waals surface area contributed by atoms with Gasteiger partial charge in [-0.05, 0) is 54.3 Å². The number of hydrogen-bond donors (Lipinski definition) is 2. The van der Waals surface area contributed by atoms with Crippen molar-refractivity contribution in [3.8, 4) is 0 Å². The van der Waals surface area contributed by atoms with Crippen LogP contribution in [0.25, 0.3) is 0 Å². The average Bonchev–Trinajstić information content (AvgIpc) is 2.38. The van der Waals surface area contributed by atoms with E-state index in [9.17, 15) is 4.39 Å². The van der Waals surface area contributed by atoms with E-state index in [4.69, 9.17) is 5.84 Å². The van der Waals surface area contributed by atoms with Crippen LogP contribution in [0.2, 0.25) is 0 Å². The predicted molar refractivity (Wildman–Crippen MR) is 79.0 cm³/mol. The molecule has 0 aliphatic carbocycles. The third kappa shape index (κ3) is 3.62. The Balaban J connectivity index is 2.24. The zero-order chi connectivity index (χ0) is 13.8. The van der Waals surface area contributed by atoms with Crippen molar-refractivity contribution in [2.75, 3.05) is 0 Å². The smallest absolute Gasteiger partial charge is 0.123 e. The van der Waals surface area contributed by atoms with Gasteiger partial charge in [0, 0.05) is 4.47 Å². The number of nitrogens with one attached hydrogen (secondary N) is 1. The highest BCUT2D eigenvalue weighted by atomic mass is 79.9. The summed E-state index contributed by atoms with van der Waals surface area (Å²) in [5, 5.41) is 0. The number of aryl methyl sites for hydroxylation is 1. The predicted octanol–water partition coefficient (Wildman–Crippen LogP) is 3.64. The van der Waals surface area contributed by atoms with Crippen LogP contribution in [0.3, 0.4) is 0 Å². The Hall–Kier alpha value is -1.23. The van der Waals surface area contributed by atoms with Crippen LogP contribution in [0.4, 0.5) is 4.39 Å². The van der Waals surface area contributed by atoms with Gasteiger partial charge in [0.05, 0.1) is 6.04 Å². The molecular weight excluding hydrogens is 307 g/mol. The fourth-order valence-electron chi connectivity index (χ4n) is 2.10. The number of benzene rings is 2. The number of hydrazine groups is 1. The van der Waals surface area contributed by atoms with Crippen LogP contribution in [0.15, 0.2) is 46.9 Å². The zero-order valence-electron chi connectivity index (χ0n) is 10.7. The quantitative estimate of drug-likeness (QED) is 0.666. The van der Waals surface area contributed by atoms with Crippen molar-refractivity contribution in [2.24, 2.45) is 5.84 Å². The monoisotopic (exact) mass is 322 g/mol. The summed E-state index contributed by atoms with van der Waals surface area (Å²) in [5.41, 5.74) is 5.95. The molecule has 3 N–H and O–H groups in total. The standard InChI is InChI=1S/C15H16BrFN2/c1-10-7-14(17)6-5-11(10)9-15(19-18)12-3-2-4-13(16)8-12/h2-8,15,19H,9,18H2,1H3. The lowest BCUT2D eigenvalue weighted by molar-refractivity contribution is 0.549. The van der Waals surface area contributed by atoms with Crippen LogP contribution in [0.5, 0.6) is 0 Å². The maximum atomic E-state index is 13.1. The van der Waals surface area contributed by atoms with Gasteiger partial charge in [0.2, 0.25) is 0 Å². The maximum Gasteiger partial charge on any atom is 0.123 e. The molecule has 19 heavy (non-hydrogen) atoms. The van der Waals surface area contributed by atoms with Crippen LogP contribution in [0, 0.1) is 12.7 Å². The van der Waals surface area contributed by atoms with Crippen molar-refractivity contribution >= 4 is 15.9 Å². The third-order valence-electron chi connectivity index (χ3n) is 3.18. The van der Waals surface area contributed by atoms with Crippen molar-refractivity contribution in [3.05, 3.63) is 69.4 Å². The molecule has 2 nitrogen and oxygen atoms in total. The number of rotatable bonds is 4. The summed E-state index contributed by atoms with van der Waals surface area (Å²) >= 11 is 3.45. The molecule has 1 unspecified atom stereocenters. The zero-order valence-corrected chi connectivity index (χ0v) is 12.2. The maximum absolute atomic E-state index is 13.1. The van der Waals surface area contributed by atoms with Gasteiger partial charge < -0.3 is 0 Å². The van der Waals surface area contributed by atoms with Gasteiger partial charge >= 0.3 is 0 Å². The van der Waals surface area contributed by atoms with Gasteiger partial charge in [0.1, 0.15) is 5.82 Å². The van der Waals surface area contributed by atoms with Crippen LogP contribution < -0.4 is 11.3 Å². The Morgan fingerprint density at radius 1 is 1.26 bits per heavy atom. The molecule has 2 rings (SSSR count). The van der Waals surface area contributed by atoms with Gasteiger partial charge in [-0.2, -0.15) is 0 Å². The van der Waals surface area contributed by atoms with Gasteiger partial charge in [0.15, 0.2) is 0 Å². The summed E-state index contributed by atoms with van der Waals surface area (Å²) in [7, 11) is 0. The normalized spacial score (nSPS) is 12.4. The summed E-state index contributed by atoms with van der Waals surface area (Å²) in [6.07, 6.45) is 0.721. The van der Waals surface area contributed by atoms with E-state index in [1.54, 1.807) is 6.07 Å². The number of halogens is 2. The molecule has 2 aromatic carbocycles. The summed E-state index contributed by atoms with van der Waals surface area (Å²) < 4.78 is 14.1. The van der Waals surface area contributed by atoms with Crippen LogP contribution >= 0.6 is 15.9 Å². The Kier molecular flexibility index (Phi) is 4.69. The second-order valence-corrected chi connectivity index (χ2v) is 5.46. The van der Waals surface area contributed by atoms with E-state index in [0.717, 1.165) is 27.6 Å². The van der Waals surface area contributed by atoms with E-state index in [1.165, 1.54) is 6.07 Å². The second-order valence-electron chi connectivity index (χ2n) is 4.55. The van der Waals surface area contributed by atoms with E-state index in [1.807, 2.05) is 37.3 Å². The minimum atomic E-state index is -0.207. The lowest BCUT2D eigenvalue weighted by atomic mass is 9.96. The molecule has 1 atom stereocenters. The third-order valence-corrected chi connectivity index (χ3v) is 3.67. The Morgan fingerprint density at radius 2 is 2.05 bits per heavy atom. The first-order valence-electron chi connectivity index (χ1n) is 6.07.